The lowest BCUT2D eigenvalue weighted by atomic mass is 10.2. The minimum absolute atomic E-state index is 0.679. The Bertz CT molecular complexity index is 945. The number of rotatable bonds is 6. The SMILES string of the molecule is Cc1nc(N/N=C/c2ccc(N(C)C)cc2)sc1N=Nc1ccc(Br)cc1. The number of anilines is 2. The van der Waals surface area contributed by atoms with Gasteiger partial charge in [0.1, 0.15) is 0 Å². The Kier molecular flexibility index (Phi) is 6.31. The third-order valence-corrected chi connectivity index (χ3v) is 5.11. The fraction of sp³-hybridized carbons (Fsp3) is 0.158. The third kappa shape index (κ3) is 5.45. The normalized spacial score (nSPS) is 11.4. The summed E-state index contributed by atoms with van der Waals surface area (Å²) >= 11 is 4.81. The topological polar surface area (TPSA) is 65.2 Å². The summed E-state index contributed by atoms with van der Waals surface area (Å²) < 4.78 is 1.01. The van der Waals surface area contributed by atoms with Crippen LogP contribution in [-0.4, -0.2) is 25.3 Å². The van der Waals surface area contributed by atoms with Crippen LogP contribution in [0.15, 0.2) is 68.3 Å². The molecule has 0 amide bonds. The molecule has 0 saturated carbocycles. The molecular weight excluding hydrogens is 424 g/mol. The Balaban J connectivity index is 1.63. The first kappa shape index (κ1) is 19.2. The molecule has 1 N–H and O–H groups in total. The molecule has 1 aromatic heterocycles. The first-order chi connectivity index (χ1) is 13.0. The maximum atomic E-state index is 4.43. The van der Waals surface area contributed by atoms with Crippen molar-refractivity contribution in [3.63, 3.8) is 0 Å². The summed E-state index contributed by atoms with van der Waals surface area (Å²) in [6.07, 6.45) is 1.76. The van der Waals surface area contributed by atoms with Crippen LogP contribution in [0.5, 0.6) is 0 Å². The van der Waals surface area contributed by atoms with Gasteiger partial charge in [0.2, 0.25) is 5.13 Å². The maximum absolute atomic E-state index is 4.43. The van der Waals surface area contributed by atoms with Gasteiger partial charge in [0, 0.05) is 24.3 Å². The van der Waals surface area contributed by atoms with Crippen molar-refractivity contribution in [2.24, 2.45) is 15.3 Å². The van der Waals surface area contributed by atoms with Gasteiger partial charge in [0.05, 0.1) is 17.6 Å². The van der Waals surface area contributed by atoms with E-state index in [0.717, 1.165) is 32.1 Å². The summed E-state index contributed by atoms with van der Waals surface area (Å²) in [7, 11) is 4.03. The summed E-state index contributed by atoms with van der Waals surface area (Å²) in [6, 6.07) is 15.8. The number of nitrogens with one attached hydrogen (secondary N) is 1. The first-order valence-corrected chi connectivity index (χ1v) is 9.83. The average Bonchev–Trinajstić information content (AvgIpc) is 3.01. The van der Waals surface area contributed by atoms with Crippen molar-refractivity contribution in [1.82, 2.24) is 4.98 Å². The Morgan fingerprint density at radius 3 is 2.41 bits per heavy atom. The fourth-order valence-corrected chi connectivity index (χ4v) is 3.16. The van der Waals surface area contributed by atoms with Crippen molar-refractivity contribution < 1.29 is 0 Å². The molecule has 0 aliphatic rings. The molecule has 0 aliphatic carbocycles. The van der Waals surface area contributed by atoms with Crippen LogP contribution in [0.4, 0.5) is 21.5 Å². The van der Waals surface area contributed by atoms with E-state index < -0.39 is 0 Å². The third-order valence-electron chi connectivity index (χ3n) is 3.64. The van der Waals surface area contributed by atoms with Crippen molar-refractivity contribution in [1.29, 1.82) is 0 Å². The van der Waals surface area contributed by atoms with Crippen molar-refractivity contribution >= 4 is 55.0 Å². The molecule has 138 valence electrons. The molecule has 3 rings (SSSR count). The van der Waals surface area contributed by atoms with Gasteiger partial charge in [-0.1, -0.05) is 39.4 Å². The number of hydrogen-bond acceptors (Lipinski definition) is 7. The molecule has 0 atom stereocenters. The second kappa shape index (κ2) is 8.88. The molecule has 3 aromatic rings. The monoisotopic (exact) mass is 442 g/mol. The fourth-order valence-electron chi connectivity index (χ4n) is 2.16. The Morgan fingerprint density at radius 2 is 1.74 bits per heavy atom. The smallest absolute Gasteiger partial charge is 0.205 e. The molecule has 0 radical (unpaired) electrons. The molecule has 2 aromatic carbocycles. The molecule has 0 fully saturated rings. The van der Waals surface area contributed by atoms with Gasteiger partial charge in [-0.25, -0.2) is 4.98 Å². The van der Waals surface area contributed by atoms with Crippen LogP contribution in [0, 0.1) is 6.92 Å². The quantitative estimate of drug-likeness (QED) is 0.283. The van der Waals surface area contributed by atoms with E-state index in [1.807, 2.05) is 57.4 Å². The van der Waals surface area contributed by atoms with E-state index in [2.05, 4.69) is 58.7 Å². The zero-order valence-corrected chi connectivity index (χ0v) is 17.6. The lowest BCUT2D eigenvalue weighted by Crippen LogP contribution is -2.08. The number of nitrogens with zero attached hydrogens (tertiary/aromatic N) is 5. The second-order valence-electron chi connectivity index (χ2n) is 5.94. The number of aryl methyl sites for hydroxylation is 1. The maximum Gasteiger partial charge on any atom is 0.205 e. The van der Waals surface area contributed by atoms with Crippen LogP contribution in [0.1, 0.15) is 11.3 Å². The molecule has 8 heteroatoms. The lowest BCUT2D eigenvalue weighted by Gasteiger charge is -2.11. The van der Waals surface area contributed by atoms with Crippen LogP contribution in [0.2, 0.25) is 0 Å². The van der Waals surface area contributed by atoms with E-state index >= 15 is 0 Å². The molecule has 1 heterocycles. The number of hydrazone groups is 1. The van der Waals surface area contributed by atoms with E-state index in [1.54, 1.807) is 6.21 Å². The molecule has 27 heavy (non-hydrogen) atoms. The van der Waals surface area contributed by atoms with Gasteiger partial charge in [-0.3, -0.25) is 5.43 Å². The van der Waals surface area contributed by atoms with Gasteiger partial charge in [-0.15, -0.1) is 10.2 Å². The second-order valence-corrected chi connectivity index (χ2v) is 7.84. The van der Waals surface area contributed by atoms with E-state index in [9.17, 15) is 0 Å². The number of halogens is 1. The average molecular weight is 443 g/mol. The molecule has 0 spiro atoms. The highest BCUT2D eigenvalue weighted by Crippen LogP contribution is 2.32. The standard InChI is InChI=1S/C19H19BrN6S/c1-13-18(24-23-16-8-6-15(20)7-9-16)27-19(22-13)25-21-12-14-4-10-17(11-5-14)26(2)3/h4-12H,1-3H3,(H,22,25)/b21-12+,24-23?. The summed E-state index contributed by atoms with van der Waals surface area (Å²) in [5.74, 6) is 0. The number of hydrogen-bond donors (Lipinski definition) is 1. The molecule has 0 saturated heterocycles. The zero-order chi connectivity index (χ0) is 19.2. The van der Waals surface area contributed by atoms with Gasteiger partial charge in [-0.2, -0.15) is 5.10 Å². The summed E-state index contributed by atoms with van der Waals surface area (Å²) in [4.78, 5) is 6.49. The van der Waals surface area contributed by atoms with Gasteiger partial charge in [0.15, 0.2) is 5.00 Å². The summed E-state index contributed by atoms with van der Waals surface area (Å²) in [5, 5.41) is 14.2. The Labute approximate surface area is 170 Å². The van der Waals surface area contributed by atoms with Gasteiger partial charge in [0.25, 0.3) is 0 Å². The van der Waals surface area contributed by atoms with Crippen LogP contribution >= 0.6 is 27.3 Å². The number of aromatic nitrogens is 1. The number of azo groups is 1. The van der Waals surface area contributed by atoms with Crippen LogP contribution < -0.4 is 10.3 Å². The highest BCUT2D eigenvalue weighted by atomic mass is 79.9. The number of thiazole rings is 1. The summed E-state index contributed by atoms with van der Waals surface area (Å²) in [6.45, 7) is 1.90. The molecule has 0 unspecified atom stereocenters. The molecular formula is C19H19BrN6S. The minimum atomic E-state index is 0.679. The highest BCUT2D eigenvalue weighted by molar-refractivity contribution is 9.10. The van der Waals surface area contributed by atoms with Crippen molar-refractivity contribution in [3.05, 3.63) is 64.3 Å². The van der Waals surface area contributed by atoms with E-state index in [1.165, 1.54) is 11.3 Å². The Morgan fingerprint density at radius 1 is 1.04 bits per heavy atom. The highest BCUT2D eigenvalue weighted by Gasteiger charge is 2.06. The molecule has 0 bridgehead atoms. The van der Waals surface area contributed by atoms with Gasteiger partial charge in [-0.05, 0) is 48.9 Å². The predicted molar refractivity (Wildman–Crippen MR) is 117 cm³/mol. The Hall–Kier alpha value is -2.58. The lowest BCUT2D eigenvalue weighted by molar-refractivity contribution is 1.13. The van der Waals surface area contributed by atoms with E-state index in [-0.39, 0.29) is 0 Å². The van der Waals surface area contributed by atoms with Crippen molar-refractivity contribution in [2.45, 2.75) is 6.92 Å². The van der Waals surface area contributed by atoms with Crippen molar-refractivity contribution in [2.75, 3.05) is 24.4 Å². The minimum Gasteiger partial charge on any atom is -0.378 e. The molecule has 6 nitrogen and oxygen atoms in total. The van der Waals surface area contributed by atoms with Crippen LogP contribution in [0.25, 0.3) is 0 Å². The zero-order valence-electron chi connectivity index (χ0n) is 15.2. The van der Waals surface area contributed by atoms with E-state index in [0.29, 0.717) is 5.13 Å². The first-order valence-electron chi connectivity index (χ1n) is 8.22. The van der Waals surface area contributed by atoms with Crippen molar-refractivity contribution in [3.8, 4) is 0 Å². The predicted octanol–water partition coefficient (Wildman–Crippen LogP) is 6.14. The number of benzene rings is 2. The largest absolute Gasteiger partial charge is 0.378 e. The van der Waals surface area contributed by atoms with Crippen LogP contribution in [0.3, 0.4) is 0 Å². The van der Waals surface area contributed by atoms with E-state index in [4.69, 9.17) is 0 Å². The van der Waals surface area contributed by atoms with Gasteiger partial charge < -0.3 is 4.90 Å². The van der Waals surface area contributed by atoms with Crippen LogP contribution in [-0.2, 0) is 0 Å². The summed E-state index contributed by atoms with van der Waals surface area (Å²) in [5.41, 5.74) is 6.72. The van der Waals surface area contributed by atoms with Gasteiger partial charge >= 0.3 is 0 Å². The molecule has 0 aliphatic heterocycles.